The first-order valence-electron chi connectivity index (χ1n) is 7.86. The fourth-order valence-electron chi connectivity index (χ4n) is 2.75. The van der Waals surface area contributed by atoms with E-state index in [9.17, 15) is 4.79 Å². The summed E-state index contributed by atoms with van der Waals surface area (Å²) in [4.78, 5) is 15.4. The van der Waals surface area contributed by atoms with Gasteiger partial charge in [0, 0.05) is 16.5 Å². The number of aromatic amines is 1. The SMILES string of the molecule is O=C(NN=Cc1c(-c2ccccc2)[nH]c2ccccc12)c1ccco1. The average molecular weight is 329 g/mol. The van der Waals surface area contributed by atoms with Gasteiger partial charge in [-0.05, 0) is 23.8 Å². The number of rotatable bonds is 4. The molecule has 5 heteroatoms. The van der Waals surface area contributed by atoms with E-state index in [0.29, 0.717) is 0 Å². The van der Waals surface area contributed by atoms with Crippen LogP contribution in [0.15, 0.2) is 82.5 Å². The quantitative estimate of drug-likeness (QED) is 0.435. The lowest BCUT2D eigenvalue weighted by Gasteiger charge is -2.01. The van der Waals surface area contributed by atoms with E-state index in [-0.39, 0.29) is 11.7 Å². The minimum Gasteiger partial charge on any atom is -0.459 e. The molecule has 0 atom stereocenters. The largest absolute Gasteiger partial charge is 0.459 e. The Hall–Kier alpha value is -3.60. The van der Waals surface area contributed by atoms with Gasteiger partial charge in [0.2, 0.25) is 0 Å². The molecule has 4 rings (SSSR count). The molecule has 25 heavy (non-hydrogen) atoms. The van der Waals surface area contributed by atoms with Crippen molar-refractivity contribution in [3.05, 3.63) is 84.3 Å². The number of hydrogen-bond donors (Lipinski definition) is 2. The molecule has 122 valence electrons. The molecular weight excluding hydrogens is 314 g/mol. The minimum atomic E-state index is -0.387. The van der Waals surface area contributed by atoms with Gasteiger partial charge in [-0.3, -0.25) is 4.79 Å². The third kappa shape index (κ3) is 2.95. The van der Waals surface area contributed by atoms with Gasteiger partial charge in [0.05, 0.1) is 18.2 Å². The zero-order chi connectivity index (χ0) is 17.1. The van der Waals surface area contributed by atoms with Gasteiger partial charge in [0.15, 0.2) is 5.76 Å². The van der Waals surface area contributed by atoms with E-state index in [1.807, 2.05) is 54.6 Å². The van der Waals surface area contributed by atoms with Gasteiger partial charge in [-0.1, -0.05) is 48.5 Å². The summed E-state index contributed by atoms with van der Waals surface area (Å²) in [5.41, 5.74) is 6.43. The standard InChI is InChI=1S/C20H15N3O2/c24-20(18-11-6-12-25-18)23-21-13-16-15-9-4-5-10-17(15)22-19(16)14-7-2-1-3-8-14/h1-13,22H,(H,23,24). The summed E-state index contributed by atoms with van der Waals surface area (Å²) >= 11 is 0. The molecule has 5 nitrogen and oxygen atoms in total. The Morgan fingerprint density at radius 3 is 2.60 bits per heavy atom. The smallest absolute Gasteiger partial charge is 0.307 e. The highest BCUT2D eigenvalue weighted by molar-refractivity contribution is 6.06. The number of para-hydroxylation sites is 1. The maximum Gasteiger partial charge on any atom is 0.307 e. The van der Waals surface area contributed by atoms with Crippen LogP contribution in [-0.2, 0) is 0 Å². The zero-order valence-corrected chi connectivity index (χ0v) is 13.3. The Kier molecular flexibility index (Phi) is 3.88. The average Bonchev–Trinajstić information content (AvgIpc) is 3.31. The third-order valence-corrected chi connectivity index (χ3v) is 3.91. The van der Waals surface area contributed by atoms with Crippen LogP contribution in [0.5, 0.6) is 0 Å². The van der Waals surface area contributed by atoms with E-state index in [1.54, 1.807) is 18.3 Å². The van der Waals surface area contributed by atoms with Gasteiger partial charge in [-0.25, -0.2) is 5.43 Å². The molecule has 2 N–H and O–H groups in total. The molecule has 0 saturated carbocycles. The molecule has 0 saturated heterocycles. The summed E-state index contributed by atoms with van der Waals surface area (Å²) in [6.45, 7) is 0. The predicted octanol–water partition coefficient (Wildman–Crippen LogP) is 4.19. The van der Waals surface area contributed by atoms with Gasteiger partial charge in [0.1, 0.15) is 0 Å². The summed E-state index contributed by atoms with van der Waals surface area (Å²) in [5, 5.41) is 5.14. The molecule has 0 radical (unpaired) electrons. The lowest BCUT2D eigenvalue weighted by Crippen LogP contribution is -2.16. The highest BCUT2D eigenvalue weighted by Crippen LogP contribution is 2.28. The number of amides is 1. The Morgan fingerprint density at radius 1 is 1.00 bits per heavy atom. The van der Waals surface area contributed by atoms with Crippen LogP contribution in [0.1, 0.15) is 16.1 Å². The molecule has 1 amide bonds. The van der Waals surface area contributed by atoms with Crippen LogP contribution in [0.4, 0.5) is 0 Å². The van der Waals surface area contributed by atoms with Crippen LogP contribution in [0, 0.1) is 0 Å². The first-order chi connectivity index (χ1) is 12.3. The molecule has 0 spiro atoms. The number of carbonyl (C=O) groups is 1. The fourth-order valence-corrected chi connectivity index (χ4v) is 2.75. The van der Waals surface area contributed by atoms with E-state index in [1.165, 1.54) is 6.26 Å². The Bertz CT molecular complexity index is 1030. The van der Waals surface area contributed by atoms with Crippen LogP contribution < -0.4 is 5.43 Å². The number of nitrogens with one attached hydrogen (secondary N) is 2. The van der Waals surface area contributed by atoms with Crippen molar-refractivity contribution in [3.8, 4) is 11.3 Å². The van der Waals surface area contributed by atoms with Crippen LogP contribution in [0.3, 0.4) is 0 Å². The number of fused-ring (bicyclic) bond motifs is 1. The van der Waals surface area contributed by atoms with E-state index in [0.717, 1.165) is 27.7 Å². The van der Waals surface area contributed by atoms with Crippen molar-refractivity contribution in [1.82, 2.24) is 10.4 Å². The zero-order valence-electron chi connectivity index (χ0n) is 13.3. The molecule has 0 aliphatic carbocycles. The van der Waals surface area contributed by atoms with E-state index < -0.39 is 0 Å². The first kappa shape index (κ1) is 15.0. The van der Waals surface area contributed by atoms with Gasteiger partial charge >= 0.3 is 5.91 Å². The molecule has 0 unspecified atom stereocenters. The topological polar surface area (TPSA) is 70.4 Å². The van der Waals surface area contributed by atoms with Crippen molar-refractivity contribution < 1.29 is 9.21 Å². The van der Waals surface area contributed by atoms with E-state index >= 15 is 0 Å². The summed E-state index contributed by atoms with van der Waals surface area (Å²) in [5.74, 6) is -0.165. The molecule has 2 aromatic heterocycles. The Morgan fingerprint density at radius 2 is 1.80 bits per heavy atom. The lowest BCUT2D eigenvalue weighted by molar-refractivity contribution is 0.0927. The maximum absolute atomic E-state index is 11.9. The van der Waals surface area contributed by atoms with Crippen molar-refractivity contribution in [1.29, 1.82) is 0 Å². The summed E-state index contributed by atoms with van der Waals surface area (Å²) in [7, 11) is 0. The highest BCUT2D eigenvalue weighted by Gasteiger charge is 2.12. The number of carbonyl (C=O) groups excluding carboxylic acids is 1. The van der Waals surface area contributed by atoms with Crippen LogP contribution in [-0.4, -0.2) is 17.1 Å². The number of nitrogens with zero attached hydrogens (tertiary/aromatic N) is 1. The number of hydrazone groups is 1. The lowest BCUT2D eigenvalue weighted by atomic mass is 10.1. The van der Waals surface area contributed by atoms with Crippen LogP contribution in [0.2, 0.25) is 0 Å². The molecule has 0 aliphatic heterocycles. The van der Waals surface area contributed by atoms with Crippen LogP contribution in [0.25, 0.3) is 22.2 Å². The number of aromatic nitrogens is 1. The van der Waals surface area contributed by atoms with Crippen molar-refractivity contribution in [2.75, 3.05) is 0 Å². The molecular formula is C20H15N3O2. The van der Waals surface area contributed by atoms with Crippen molar-refractivity contribution in [3.63, 3.8) is 0 Å². The second-order valence-corrected chi connectivity index (χ2v) is 5.50. The summed E-state index contributed by atoms with van der Waals surface area (Å²) in [6, 6.07) is 21.3. The van der Waals surface area contributed by atoms with E-state index in [2.05, 4.69) is 15.5 Å². The summed E-state index contributed by atoms with van der Waals surface area (Å²) < 4.78 is 5.05. The second-order valence-electron chi connectivity index (χ2n) is 5.50. The molecule has 0 fully saturated rings. The van der Waals surface area contributed by atoms with Crippen molar-refractivity contribution in [2.45, 2.75) is 0 Å². The highest BCUT2D eigenvalue weighted by atomic mass is 16.3. The van der Waals surface area contributed by atoms with Crippen molar-refractivity contribution in [2.24, 2.45) is 5.10 Å². The third-order valence-electron chi connectivity index (χ3n) is 3.91. The molecule has 0 bridgehead atoms. The van der Waals surface area contributed by atoms with Gasteiger partial charge in [-0.2, -0.15) is 5.10 Å². The molecule has 0 aliphatic rings. The molecule has 2 heterocycles. The number of H-pyrrole nitrogens is 1. The Balaban J connectivity index is 1.70. The minimum absolute atomic E-state index is 0.222. The Labute approximate surface area is 144 Å². The first-order valence-corrected chi connectivity index (χ1v) is 7.86. The number of furan rings is 1. The fraction of sp³-hybridized carbons (Fsp3) is 0. The molecule has 2 aromatic carbocycles. The van der Waals surface area contributed by atoms with Gasteiger partial charge in [0.25, 0.3) is 0 Å². The van der Waals surface area contributed by atoms with Gasteiger partial charge in [-0.15, -0.1) is 0 Å². The second kappa shape index (κ2) is 6.49. The van der Waals surface area contributed by atoms with Crippen molar-refractivity contribution >= 4 is 23.0 Å². The van der Waals surface area contributed by atoms with Crippen LogP contribution >= 0.6 is 0 Å². The maximum atomic E-state index is 11.9. The predicted molar refractivity (Wildman–Crippen MR) is 97.5 cm³/mol. The number of hydrogen-bond acceptors (Lipinski definition) is 3. The van der Waals surface area contributed by atoms with Gasteiger partial charge < -0.3 is 9.40 Å². The molecule has 4 aromatic rings. The normalized spacial score (nSPS) is 11.2. The summed E-state index contributed by atoms with van der Waals surface area (Å²) in [6.07, 6.45) is 3.10. The monoisotopic (exact) mass is 329 g/mol. The number of benzene rings is 2. The van der Waals surface area contributed by atoms with E-state index in [4.69, 9.17) is 4.42 Å².